The fraction of sp³-hybridized carbons (Fsp3) is 0.615. The molecule has 20 heavy (non-hydrogen) atoms. The van der Waals surface area contributed by atoms with Crippen molar-refractivity contribution in [2.24, 2.45) is 5.73 Å². The molecule has 2 N–H and O–H groups in total. The summed E-state index contributed by atoms with van der Waals surface area (Å²) in [7, 11) is 0. The standard InChI is InChI=1S/C13H19FN4O2/c1-7(2)18-8(3)10(5-16-18)13(20)17-6-9(14)4-11(17)12(15)19/h5,7,9,11H,4,6H2,1-3H3,(H2,15,19)/t9-,11+/m1/s1. The van der Waals surface area contributed by atoms with E-state index in [0.717, 1.165) is 0 Å². The lowest BCUT2D eigenvalue weighted by Crippen LogP contribution is -2.43. The lowest BCUT2D eigenvalue weighted by molar-refractivity contribution is -0.121. The van der Waals surface area contributed by atoms with Crippen molar-refractivity contribution in [3.63, 3.8) is 0 Å². The molecule has 0 radical (unpaired) electrons. The summed E-state index contributed by atoms with van der Waals surface area (Å²) < 4.78 is 15.2. The first-order valence-electron chi connectivity index (χ1n) is 6.61. The molecule has 7 heteroatoms. The molecule has 2 atom stereocenters. The second-order valence-corrected chi connectivity index (χ2v) is 5.39. The van der Waals surface area contributed by atoms with Crippen molar-refractivity contribution in [3.05, 3.63) is 17.5 Å². The van der Waals surface area contributed by atoms with E-state index in [2.05, 4.69) is 5.10 Å². The number of aromatic nitrogens is 2. The van der Waals surface area contributed by atoms with E-state index in [1.54, 1.807) is 11.6 Å². The highest BCUT2D eigenvalue weighted by atomic mass is 19.1. The Kier molecular flexibility index (Phi) is 3.78. The van der Waals surface area contributed by atoms with E-state index in [9.17, 15) is 14.0 Å². The lowest BCUT2D eigenvalue weighted by atomic mass is 10.1. The molecule has 0 saturated carbocycles. The van der Waals surface area contributed by atoms with E-state index in [4.69, 9.17) is 5.73 Å². The zero-order valence-corrected chi connectivity index (χ0v) is 11.8. The molecule has 2 amide bonds. The van der Waals surface area contributed by atoms with Crippen LogP contribution >= 0.6 is 0 Å². The Balaban J connectivity index is 2.29. The number of carbonyl (C=O) groups is 2. The first-order chi connectivity index (χ1) is 9.32. The Labute approximate surface area is 116 Å². The monoisotopic (exact) mass is 282 g/mol. The summed E-state index contributed by atoms with van der Waals surface area (Å²) >= 11 is 0. The Morgan fingerprint density at radius 2 is 2.15 bits per heavy atom. The van der Waals surface area contributed by atoms with E-state index in [0.29, 0.717) is 11.3 Å². The number of halogens is 1. The summed E-state index contributed by atoms with van der Waals surface area (Å²) in [5.41, 5.74) is 6.33. The molecule has 2 rings (SSSR count). The number of nitrogens with zero attached hydrogens (tertiary/aromatic N) is 3. The van der Waals surface area contributed by atoms with Crippen molar-refractivity contribution in [3.8, 4) is 0 Å². The van der Waals surface area contributed by atoms with Gasteiger partial charge in [0.05, 0.1) is 18.3 Å². The molecule has 1 aliphatic rings. The van der Waals surface area contributed by atoms with Gasteiger partial charge in [-0.1, -0.05) is 0 Å². The lowest BCUT2D eigenvalue weighted by Gasteiger charge is -2.21. The van der Waals surface area contributed by atoms with Gasteiger partial charge in [-0.05, 0) is 20.8 Å². The summed E-state index contributed by atoms with van der Waals surface area (Å²) in [6.45, 7) is 5.59. The van der Waals surface area contributed by atoms with Crippen LogP contribution in [-0.4, -0.2) is 45.3 Å². The number of rotatable bonds is 3. The van der Waals surface area contributed by atoms with E-state index >= 15 is 0 Å². The van der Waals surface area contributed by atoms with Gasteiger partial charge < -0.3 is 10.6 Å². The number of hydrogen-bond acceptors (Lipinski definition) is 3. The fourth-order valence-corrected chi connectivity index (χ4v) is 2.59. The maximum absolute atomic E-state index is 13.5. The first kappa shape index (κ1) is 14.5. The van der Waals surface area contributed by atoms with Crippen LogP contribution in [0.2, 0.25) is 0 Å². The van der Waals surface area contributed by atoms with Crippen LogP contribution in [0.15, 0.2) is 6.20 Å². The van der Waals surface area contributed by atoms with E-state index < -0.39 is 24.0 Å². The maximum atomic E-state index is 13.5. The predicted octanol–water partition coefficient (Wildman–Crippen LogP) is 0.810. The molecule has 1 aromatic rings. The normalized spacial score (nSPS) is 22.6. The number of primary amides is 1. The van der Waals surface area contributed by atoms with Gasteiger partial charge in [0, 0.05) is 18.2 Å². The third kappa shape index (κ3) is 2.39. The van der Waals surface area contributed by atoms with Crippen molar-refractivity contribution in [1.29, 1.82) is 0 Å². The van der Waals surface area contributed by atoms with Crippen molar-refractivity contribution in [2.75, 3.05) is 6.54 Å². The molecule has 110 valence electrons. The van der Waals surface area contributed by atoms with Crippen LogP contribution in [-0.2, 0) is 4.79 Å². The quantitative estimate of drug-likeness (QED) is 0.890. The third-order valence-electron chi connectivity index (χ3n) is 3.60. The third-order valence-corrected chi connectivity index (χ3v) is 3.60. The van der Waals surface area contributed by atoms with E-state index in [1.807, 2.05) is 13.8 Å². The topological polar surface area (TPSA) is 81.2 Å². The number of likely N-dealkylation sites (tertiary alicyclic amines) is 1. The van der Waals surface area contributed by atoms with Crippen molar-refractivity contribution in [2.45, 2.75) is 45.4 Å². The largest absolute Gasteiger partial charge is 0.368 e. The summed E-state index contributed by atoms with van der Waals surface area (Å²) in [6.07, 6.45) is 0.219. The summed E-state index contributed by atoms with van der Waals surface area (Å²) in [4.78, 5) is 25.0. The molecule has 0 aromatic carbocycles. The van der Waals surface area contributed by atoms with Crippen molar-refractivity contribution < 1.29 is 14.0 Å². The molecule has 1 aromatic heterocycles. The van der Waals surface area contributed by atoms with Gasteiger partial charge in [0.2, 0.25) is 5.91 Å². The highest BCUT2D eigenvalue weighted by Gasteiger charge is 2.39. The molecule has 0 spiro atoms. The number of hydrogen-bond donors (Lipinski definition) is 1. The number of amides is 2. The molecule has 0 aliphatic carbocycles. The molecule has 1 fully saturated rings. The predicted molar refractivity (Wildman–Crippen MR) is 70.9 cm³/mol. The average Bonchev–Trinajstić information content (AvgIpc) is 2.91. The first-order valence-corrected chi connectivity index (χ1v) is 6.61. The summed E-state index contributed by atoms with van der Waals surface area (Å²) in [6, 6.07) is -0.754. The van der Waals surface area contributed by atoms with Gasteiger partial charge >= 0.3 is 0 Å². The number of carbonyl (C=O) groups excluding carboxylic acids is 2. The van der Waals surface area contributed by atoms with Gasteiger partial charge in [0.15, 0.2) is 0 Å². The summed E-state index contributed by atoms with van der Waals surface area (Å²) in [5.74, 6) is -1.06. The Bertz CT molecular complexity index is 540. The fourth-order valence-electron chi connectivity index (χ4n) is 2.59. The molecule has 6 nitrogen and oxygen atoms in total. The van der Waals surface area contributed by atoms with Gasteiger partial charge in [-0.3, -0.25) is 14.3 Å². The van der Waals surface area contributed by atoms with Crippen LogP contribution in [0.5, 0.6) is 0 Å². The number of alkyl halides is 1. The van der Waals surface area contributed by atoms with Gasteiger partial charge in [0.1, 0.15) is 12.2 Å². The van der Waals surface area contributed by atoms with Gasteiger partial charge in [-0.2, -0.15) is 5.10 Å². The summed E-state index contributed by atoms with van der Waals surface area (Å²) in [5, 5.41) is 4.16. The van der Waals surface area contributed by atoms with Crippen LogP contribution in [0, 0.1) is 6.92 Å². The van der Waals surface area contributed by atoms with E-state index in [1.165, 1.54) is 11.1 Å². The molecule has 0 bridgehead atoms. The molecular weight excluding hydrogens is 263 g/mol. The highest BCUT2D eigenvalue weighted by Crippen LogP contribution is 2.24. The van der Waals surface area contributed by atoms with Crippen LogP contribution in [0.3, 0.4) is 0 Å². The molecule has 2 heterocycles. The Hall–Kier alpha value is -1.92. The SMILES string of the molecule is Cc1c(C(=O)N2C[C@H](F)C[C@H]2C(N)=O)cnn1C(C)C. The van der Waals surface area contributed by atoms with Gasteiger partial charge in [-0.15, -0.1) is 0 Å². The van der Waals surface area contributed by atoms with Crippen molar-refractivity contribution >= 4 is 11.8 Å². The molecular formula is C13H19FN4O2. The molecule has 0 unspecified atom stereocenters. The second-order valence-electron chi connectivity index (χ2n) is 5.39. The zero-order valence-electron chi connectivity index (χ0n) is 11.8. The molecule has 1 saturated heterocycles. The van der Waals surface area contributed by atoms with Crippen molar-refractivity contribution in [1.82, 2.24) is 14.7 Å². The average molecular weight is 282 g/mol. The van der Waals surface area contributed by atoms with Crippen LogP contribution < -0.4 is 5.73 Å². The van der Waals surface area contributed by atoms with Crippen LogP contribution in [0.4, 0.5) is 4.39 Å². The Morgan fingerprint density at radius 1 is 1.50 bits per heavy atom. The van der Waals surface area contributed by atoms with E-state index in [-0.39, 0.29) is 19.0 Å². The molecule has 1 aliphatic heterocycles. The van der Waals surface area contributed by atoms with Gasteiger partial charge in [0.25, 0.3) is 5.91 Å². The van der Waals surface area contributed by atoms with Gasteiger partial charge in [-0.25, -0.2) is 4.39 Å². The van der Waals surface area contributed by atoms with Crippen LogP contribution in [0.25, 0.3) is 0 Å². The number of nitrogens with two attached hydrogens (primary N) is 1. The Morgan fingerprint density at radius 3 is 2.65 bits per heavy atom. The zero-order chi connectivity index (χ0) is 15.0. The second kappa shape index (κ2) is 5.22. The minimum atomic E-state index is -1.21. The highest BCUT2D eigenvalue weighted by molar-refractivity contribution is 5.98. The maximum Gasteiger partial charge on any atom is 0.258 e. The minimum Gasteiger partial charge on any atom is -0.368 e. The minimum absolute atomic E-state index is 0.0293. The van der Waals surface area contributed by atoms with Crippen LogP contribution in [0.1, 0.15) is 42.4 Å². The smallest absolute Gasteiger partial charge is 0.258 e.